The zero-order valence-electron chi connectivity index (χ0n) is 17.3. The Morgan fingerprint density at radius 1 is 1.03 bits per heavy atom. The normalized spacial score (nSPS) is 18.6. The number of aryl methyl sites for hydroxylation is 1. The van der Waals surface area contributed by atoms with Crippen LogP contribution in [0.15, 0.2) is 22.7 Å². The molecule has 0 aliphatic carbocycles. The first-order chi connectivity index (χ1) is 14.4. The Labute approximate surface area is 174 Å². The average molecular weight is 415 g/mol. The number of carbonyl (C=O) groups is 2. The first kappa shape index (κ1) is 20.5. The summed E-state index contributed by atoms with van der Waals surface area (Å²) in [5.74, 6) is -0.169. The van der Waals surface area contributed by atoms with Gasteiger partial charge in [0.15, 0.2) is 0 Å². The number of amides is 2. The van der Waals surface area contributed by atoms with Crippen molar-refractivity contribution in [1.82, 2.24) is 24.8 Å². The number of nitrogens with zero attached hydrogens (tertiary/aromatic N) is 5. The van der Waals surface area contributed by atoms with Crippen molar-refractivity contribution in [1.29, 1.82) is 0 Å². The van der Waals surface area contributed by atoms with Gasteiger partial charge in [0.1, 0.15) is 5.82 Å². The summed E-state index contributed by atoms with van der Waals surface area (Å²) in [6.07, 6.45) is 1.93. The van der Waals surface area contributed by atoms with E-state index in [-0.39, 0.29) is 17.8 Å². The number of carbonyl (C=O) groups excluding carboxylic acids is 2. The van der Waals surface area contributed by atoms with E-state index in [0.717, 1.165) is 12.8 Å². The summed E-state index contributed by atoms with van der Waals surface area (Å²) in [4.78, 5) is 34.7. The first-order valence-corrected chi connectivity index (χ1v) is 10.4. The van der Waals surface area contributed by atoms with E-state index < -0.39 is 5.91 Å². The summed E-state index contributed by atoms with van der Waals surface area (Å²) in [6.45, 7) is 7.23. The molecule has 2 saturated heterocycles. The number of halogens is 1. The Morgan fingerprint density at radius 2 is 1.67 bits per heavy atom. The van der Waals surface area contributed by atoms with Gasteiger partial charge in [0.05, 0.1) is 6.04 Å². The summed E-state index contributed by atoms with van der Waals surface area (Å²) < 4.78 is 18.9. The lowest BCUT2D eigenvalue weighted by atomic mass is 10.1. The zero-order chi connectivity index (χ0) is 21.3. The maximum Gasteiger partial charge on any atom is 0.312 e. The predicted molar refractivity (Wildman–Crippen MR) is 107 cm³/mol. The van der Waals surface area contributed by atoms with E-state index in [4.69, 9.17) is 4.52 Å². The van der Waals surface area contributed by atoms with E-state index in [1.165, 1.54) is 6.07 Å². The van der Waals surface area contributed by atoms with Gasteiger partial charge < -0.3 is 14.3 Å². The number of hydrogen-bond donors (Lipinski definition) is 0. The highest BCUT2D eigenvalue weighted by Crippen LogP contribution is 2.24. The third-order valence-electron chi connectivity index (χ3n) is 5.94. The van der Waals surface area contributed by atoms with Crippen LogP contribution in [0.2, 0.25) is 0 Å². The van der Waals surface area contributed by atoms with Gasteiger partial charge in [-0.3, -0.25) is 14.5 Å². The van der Waals surface area contributed by atoms with Crippen molar-refractivity contribution in [2.45, 2.75) is 32.7 Å². The van der Waals surface area contributed by atoms with Crippen molar-refractivity contribution in [2.24, 2.45) is 0 Å². The molecule has 2 aliphatic rings. The van der Waals surface area contributed by atoms with Gasteiger partial charge in [-0.25, -0.2) is 4.39 Å². The SMILES string of the molecule is Cc1cc(-c2noc(C(C)N3CCN(C(=O)C(=O)N4CCCC4)CC3)n2)ccc1F. The van der Waals surface area contributed by atoms with Crippen LogP contribution < -0.4 is 0 Å². The molecule has 2 aliphatic heterocycles. The van der Waals surface area contributed by atoms with Gasteiger partial charge in [0.25, 0.3) is 0 Å². The standard InChI is InChI=1S/C21H26FN5O3/c1-14-13-16(5-6-17(14)22)18-23-19(30-24-18)15(2)25-9-11-27(12-10-25)21(29)20(28)26-7-3-4-8-26/h5-6,13,15H,3-4,7-12H2,1-2H3. The molecule has 9 heteroatoms. The summed E-state index contributed by atoms with van der Waals surface area (Å²) in [7, 11) is 0. The van der Waals surface area contributed by atoms with E-state index in [9.17, 15) is 14.0 Å². The minimum absolute atomic E-state index is 0.126. The molecule has 1 aromatic carbocycles. The fourth-order valence-electron chi connectivity index (χ4n) is 3.97. The van der Waals surface area contributed by atoms with Crippen molar-refractivity contribution in [3.8, 4) is 11.4 Å². The average Bonchev–Trinajstić information content (AvgIpc) is 3.47. The Bertz CT molecular complexity index is 932. The smallest absolute Gasteiger partial charge is 0.312 e. The number of benzene rings is 1. The van der Waals surface area contributed by atoms with Crippen LogP contribution in [0.4, 0.5) is 4.39 Å². The van der Waals surface area contributed by atoms with E-state index in [1.807, 2.05) is 6.92 Å². The minimum atomic E-state index is -0.407. The van der Waals surface area contributed by atoms with Crippen LogP contribution in [-0.2, 0) is 9.59 Å². The minimum Gasteiger partial charge on any atom is -0.337 e. The molecule has 1 unspecified atom stereocenters. The summed E-state index contributed by atoms with van der Waals surface area (Å²) in [5.41, 5.74) is 1.23. The van der Waals surface area contributed by atoms with Crippen LogP contribution in [0, 0.1) is 12.7 Å². The quantitative estimate of drug-likeness (QED) is 0.714. The highest BCUT2D eigenvalue weighted by molar-refractivity contribution is 6.34. The van der Waals surface area contributed by atoms with E-state index in [1.54, 1.807) is 28.9 Å². The van der Waals surface area contributed by atoms with Crippen molar-refractivity contribution < 1.29 is 18.5 Å². The molecule has 160 valence electrons. The largest absolute Gasteiger partial charge is 0.337 e. The highest BCUT2D eigenvalue weighted by atomic mass is 19.1. The molecule has 0 radical (unpaired) electrons. The third-order valence-corrected chi connectivity index (χ3v) is 5.94. The van der Waals surface area contributed by atoms with Crippen LogP contribution >= 0.6 is 0 Å². The molecule has 3 heterocycles. The third kappa shape index (κ3) is 4.07. The second-order valence-corrected chi connectivity index (χ2v) is 7.92. The summed E-state index contributed by atoms with van der Waals surface area (Å²) in [6, 6.07) is 4.59. The fourth-order valence-corrected chi connectivity index (χ4v) is 3.97. The molecule has 2 aromatic rings. The Hall–Kier alpha value is -2.81. The number of aromatic nitrogens is 2. The maximum atomic E-state index is 13.5. The van der Waals surface area contributed by atoms with Gasteiger partial charge in [-0.2, -0.15) is 4.98 Å². The maximum absolute atomic E-state index is 13.5. The lowest BCUT2D eigenvalue weighted by Gasteiger charge is -2.36. The molecule has 30 heavy (non-hydrogen) atoms. The molecule has 4 rings (SSSR count). The number of rotatable bonds is 3. The van der Waals surface area contributed by atoms with Crippen LogP contribution in [-0.4, -0.2) is 75.9 Å². The molecular formula is C21H26FN5O3. The predicted octanol–water partition coefficient (Wildman–Crippen LogP) is 2.01. The lowest BCUT2D eigenvalue weighted by molar-refractivity contribution is -0.152. The van der Waals surface area contributed by atoms with Gasteiger partial charge in [0, 0.05) is 44.8 Å². The molecule has 2 fully saturated rings. The number of likely N-dealkylation sites (tertiary alicyclic amines) is 1. The van der Waals surface area contributed by atoms with Gasteiger partial charge in [-0.05, 0) is 50.5 Å². The van der Waals surface area contributed by atoms with Gasteiger partial charge in [-0.15, -0.1) is 0 Å². The van der Waals surface area contributed by atoms with Gasteiger partial charge in [0.2, 0.25) is 11.7 Å². The molecule has 1 atom stereocenters. The molecule has 1 aromatic heterocycles. The van der Waals surface area contributed by atoms with Crippen LogP contribution in [0.25, 0.3) is 11.4 Å². The van der Waals surface area contributed by atoms with Gasteiger partial charge in [-0.1, -0.05) is 5.16 Å². The molecule has 8 nitrogen and oxygen atoms in total. The van der Waals surface area contributed by atoms with E-state index in [2.05, 4.69) is 15.0 Å². The second kappa shape index (κ2) is 8.51. The van der Waals surface area contributed by atoms with E-state index >= 15 is 0 Å². The summed E-state index contributed by atoms with van der Waals surface area (Å²) >= 11 is 0. The molecule has 0 bridgehead atoms. The first-order valence-electron chi connectivity index (χ1n) is 10.4. The van der Waals surface area contributed by atoms with Crippen molar-refractivity contribution in [3.05, 3.63) is 35.5 Å². The Balaban J connectivity index is 1.36. The fraction of sp³-hybridized carbons (Fsp3) is 0.524. The van der Waals surface area contributed by atoms with Crippen molar-refractivity contribution in [3.63, 3.8) is 0 Å². The highest BCUT2D eigenvalue weighted by Gasteiger charge is 2.32. The van der Waals surface area contributed by atoms with Gasteiger partial charge >= 0.3 is 11.8 Å². The second-order valence-electron chi connectivity index (χ2n) is 7.92. The molecule has 0 N–H and O–H groups in total. The molecule has 2 amide bonds. The van der Waals surface area contributed by atoms with Crippen LogP contribution in [0.3, 0.4) is 0 Å². The van der Waals surface area contributed by atoms with Crippen LogP contribution in [0.1, 0.15) is 37.3 Å². The molecule has 0 saturated carbocycles. The number of piperazine rings is 1. The summed E-state index contributed by atoms with van der Waals surface area (Å²) in [5, 5.41) is 4.03. The van der Waals surface area contributed by atoms with E-state index in [0.29, 0.717) is 62.1 Å². The monoisotopic (exact) mass is 415 g/mol. The van der Waals surface area contributed by atoms with Crippen molar-refractivity contribution >= 4 is 11.8 Å². The molecular weight excluding hydrogens is 389 g/mol. The Kier molecular flexibility index (Phi) is 5.80. The number of hydrogen-bond acceptors (Lipinski definition) is 6. The van der Waals surface area contributed by atoms with Crippen LogP contribution in [0.5, 0.6) is 0 Å². The lowest BCUT2D eigenvalue weighted by Crippen LogP contribution is -2.53. The van der Waals surface area contributed by atoms with Crippen molar-refractivity contribution in [2.75, 3.05) is 39.3 Å². The zero-order valence-corrected chi connectivity index (χ0v) is 17.3. The Morgan fingerprint density at radius 3 is 2.30 bits per heavy atom. The topological polar surface area (TPSA) is 82.8 Å². The molecule has 0 spiro atoms.